The van der Waals surface area contributed by atoms with Crippen molar-refractivity contribution in [1.29, 1.82) is 0 Å². The van der Waals surface area contributed by atoms with Crippen molar-refractivity contribution in [3.8, 4) is 0 Å². The van der Waals surface area contributed by atoms with Gasteiger partial charge in [0, 0.05) is 5.56 Å². The molecule has 0 bridgehead atoms. The van der Waals surface area contributed by atoms with Gasteiger partial charge in [-0.1, -0.05) is 12.1 Å². The highest BCUT2D eigenvalue weighted by molar-refractivity contribution is 7.96. The summed E-state index contributed by atoms with van der Waals surface area (Å²) in [6.07, 6.45) is -9.25. The minimum absolute atomic E-state index is 0.0437. The Bertz CT molecular complexity index is 558. The lowest BCUT2D eigenvalue weighted by atomic mass is 10.1. The quantitative estimate of drug-likeness (QED) is 0.577. The second-order valence-electron chi connectivity index (χ2n) is 3.60. The molecule has 0 atom stereocenters. The fourth-order valence-electron chi connectivity index (χ4n) is 1.28. The van der Waals surface area contributed by atoms with Crippen LogP contribution in [0.1, 0.15) is 11.1 Å². The van der Waals surface area contributed by atoms with Crippen molar-refractivity contribution in [2.45, 2.75) is 12.4 Å². The third kappa shape index (κ3) is 3.24. The van der Waals surface area contributed by atoms with Gasteiger partial charge in [0.15, 0.2) is 5.84 Å². The Labute approximate surface area is 113 Å². The summed E-state index contributed by atoms with van der Waals surface area (Å²) in [5.41, 5.74) is -0.864. The van der Waals surface area contributed by atoms with Crippen LogP contribution in [0.5, 0.6) is 0 Å². The van der Waals surface area contributed by atoms with E-state index in [-0.39, 0.29) is 23.5 Å². The summed E-state index contributed by atoms with van der Waals surface area (Å²) in [4.78, 5) is 3.19. The van der Waals surface area contributed by atoms with E-state index in [9.17, 15) is 26.3 Å². The minimum Gasteiger partial charge on any atom is -0.203 e. The number of hydrogen-bond acceptors (Lipinski definition) is 3. The fourth-order valence-corrected chi connectivity index (χ4v) is 1.77. The molecule has 0 spiro atoms. The molecule has 107 valence electrons. The van der Waals surface area contributed by atoms with Crippen LogP contribution in [0, 0.1) is 0 Å². The predicted octanol–water partition coefficient (Wildman–Crippen LogP) is 3.59. The smallest absolute Gasteiger partial charge is 0.203 e. The van der Waals surface area contributed by atoms with Crippen LogP contribution in [0.25, 0.3) is 0 Å². The van der Waals surface area contributed by atoms with Crippen LogP contribution in [0.15, 0.2) is 33.7 Å². The molecule has 0 aliphatic carbocycles. The van der Waals surface area contributed by atoms with Crippen molar-refractivity contribution in [1.82, 2.24) is 4.72 Å². The standard InChI is InChI=1S/C10H4F6N3S/c11-9(12,13)6-3-1-5(2-4-6)7-17-8(10(14,15)16)19-20-18-7/h1-4H. The van der Waals surface area contributed by atoms with Gasteiger partial charge in [0.1, 0.15) is 12.1 Å². The topological polar surface area (TPSA) is 38.8 Å². The van der Waals surface area contributed by atoms with Crippen molar-refractivity contribution in [3.63, 3.8) is 0 Å². The summed E-state index contributed by atoms with van der Waals surface area (Å²) < 4.78 is 80.9. The number of rotatable bonds is 1. The molecule has 0 saturated carbocycles. The highest BCUT2D eigenvalue weighted by atomic mass is 32.2. The first-order chi connectivity index (χ1) is 9.18. The molecule has 20 heavy (non-hydrogen) atoms. The maximum atomic E-state index is 12.4. The molecule has 2 rings (SSSR count). The van der Waals surface area contributed by atoms with Gasteiger partial charge in [0.25, 0.3) is 0 Å². The second-order valence-corrected chi connectivity index (χ2v) is 4.12. The Balaban J connectivity index is 2.29. The zero-order valence-electron chi connectivity index (χ0n) is 9.33. The normalized spacial score (nSPS) is 16.3. The molecule has 0 unspecified atom stereocenters. The Hall–Kier alpha value is -1.71. The van der Waals surface area contributed by atoms with E-state index < -0.39 is 23.8 Å². The summed E-state index contributed by atoms with van der Waals surface area (Å²) in [7, 11) is 0. The van der Waals surface area contributed by atoms with Gasteiger partial charge < -0.3 is 0 Å². The number of amidine groups is 2. The van der Waals surface area contributed by atoms with Gasteiger partial charge in [0.2, 0.25) is 5.84 Å². The molecule has 3 nitrogen and oxygen atoms in total. The van der Waals surface area contributed by atoms with Crippen molar-refractivity contribution >= 4 is 23.8 Å². The van der Waals surface area contributed by atoms with Gasteiger partial charge in [-0.3, -0.25) is 0 Å². The van der Waals surface area contributed by atoms with Gasteiger partial charge in [-0.05, 0) is 12.1 Å². The molecule has 1 heterocycles. The van der Waals surface area contributed by atoms with Gasteiger partial charge in [0.05, 0.1) is 5.56 Å². The summed E-state index contributed by atoms with van der Waals surface area (Å²) in [5.74, 6) is -1.71. The summed E-state index contributed by atoms with van der Waals surface area (Å²) in [6, 6.07) is 3.50. The molecular formula is C10H4F6N3S. The van der Waals surface area contributed by atoms with E-state index in [0.717, 1.165) is 24.3 Å². The van der Waals surface area contributed by atoms with Crippen molar-refractivity contribution < 1.29 is 26.3 Å². The SMILES string of the molecule is FC(F)(F)C1=NC(c2ccc(C(F)(F)F)cc2)=NS[N]1. The van der Waals surface area contributed by atoms with Gasteiger partial charge in [-0.25, -0.2) is 4.99 Å². The third-order valence-electron chi connectivity index (χ3n) is 2.19. The molecule has 1 aliphatic heterocycles. The fraction of sp³-hybridized carbons (Fsp3) is 0.200. The number of hydrogen-bond donors (Lipinski definition) is 0. The van der Waals surface area contributed by atoms with Gasteiger partial charge >= 0.3 is 12.4 Å². The molecule has 0 N–H and O–H groups in total. The van der Waals surface area contributed by atoms with E-state index in [1.54, 1.807) is 0 Å². The summed E-state index contributed by atoms with van der Waals surface area (Å²) in [6.45, 7) is 0. The summed E-state index contributed by atoms with van der Waals surface area (Å²) in [5, 5.41) is 0. The van der Waals surface area contributed by atoms with Crippen LogP contribution in [0.4, 0.5) is 26.3 Å². The number of benzene rings is 1. The third-order valence-corrected chi connectivity index (χ3v) is 2.70. The van der Waals surface area contributed by atoms with E-state index in [2.05, 4.69) is 14.1 Å². The number of aliphatic imine (C=N–C) groups is 1. The Kier molecular flexibility index (Phi) is 3.67. The van der Waals surface area contributed by atoms with Gasteiger partial charge in [-0.2, -0.15) is 35.5 Å². The highest BCUT2D eigenvalue weighted by Gasteiger charge is 2.39. The molecule has 10 heteroatoms. The van der Waals surface area contributed by atoms with Crippen LogP contribution in [0.2, 0.25) is 0 Å². The lowest BCUT2D eigenvalue weighted by Gasteiger charge is -2.13. The molecular weight excluding hydrogens is 308 g/mol. The van der Waals surface area contributed by atoms with Gasteiger partial charge in [-0.15, -0.1) is 0 Å². The first-order valence-corrected chi connectivity index (χ1v) is 5.70. The Morgan fingerprint density at radius 2 is 1.45 bits per heavy atom. The largest absolute Gasteiger partial charge is 0.452 e. The summed E-state index contributed by atoms with van der Waals surface area (Å²) >= 11 is 0.283. The highest BCUT2D eigenvalue weighted by Crippen LogP contribution is 2.30. The Morgan fingerprint density at radius 1 is 0.850 bits per heavy atom. The van der Waals surface area contributed by atoms with Crippen molar-refractivity contribution in [2.75, 3.05) is 0 Å². The maximum absolute atomic E-state index is 12.4. The second kappa shape index (κ2) is 5.00. The van der Waals surface area contributed by atoms with Crippen LogP contribution in [0.3, 0.4) is 0 Å². The van der Waals surface area contributed by atoms with Crippen LogP contribution < -0.4 is 4.72 Å². The Morgan fingerprint density at radius 3 is 1.95 bits per heavy atom. The van der Waals surface area contributed by atoms with E-state index in [1.807, 2.05) is 0 Å². The maximum Gasteiger partial charge on any atom is 0.452 e. The van der Waals surface area contributed by atoms with Crippen molar-refractivity contribution in [2.24, 2.45) is 9.39 Å². The lowest BCUT2D eigenvalue weighted by molar-refractivity contribution is -0.137. The van der Waals surface area contributed by atoms with Crippen molar-refractivity contribution in [3.05, 3.63) is 35.4 Å². The average molecular weight is 312 g/mol. The molecule has 0 fully saturated rings. The predicted molar refractivity (Wildman–Crippen MR) is 61.2 cm³/mol. The molecule has 0 saturated heterocycles. The van der Waals surface area contributed by atoms with E-state index in [0.29, 0.717) is 0 Å². The molecule has 1 aliphatic rings. The van der Waals surface area contributed by atoms with E-state index in [4.69, 9.17) is 0 Å². The first kappa shape index (κ1) is 14.7. The monoisotopic (exact) mass is 312 g/mol. The van der Waals surface area contributed by atoms with E-state index >= 15 is 0 Å². The molecule has 0 aromatic heterocycles. The number of alkyl halides is 6. The van der Waals surface area contributed by atoms with E-state index in [1.165, 1.54) is 0 Å². The zero-order chi connectivity index (χ0) is 15.0. The minimum atomic E-state index is -4.74. The van der Waals surface area contributed by atoms with Crippen LogP contribution in [-0.4, -0.2) is 17.8 Å². The van der Waals surface area contributed by atoms with Crippen LogP contribution in [-0.2, 0) is 6.18 Å². The lowest BCUT2D eigenvalue weighted by Crippen LogP contribution is -2.31. The average Bonchev–Trinajstić information content (AvgIpc) is 2.37. The zero-order valence-corrected chi connectivity index (χ0v) is 10.1. The number of nitrogens with zero attached hydrogens (tertiary/aromatic N) is 3. The molecule has 1 aromatic carbocycles. The molecule has 1 radical (unpaired) electrons. The van der Waals surface area contributed by atoms with Crippen LogP contribution >= 0.6 is 12.1 Å². The number of halogens is 6. The molecule has 1 aromatic rings. The first-order valence-electron chi connectivity index (χ1n) is 4.96. The molecule has 0 amide bonds.